The summed E-state index contributed by atoms with van der Waals surface area (Å²) in [5.74, 6) is 0. The number of fused-ring (bicyclic) bond motifs is 3. The first-order valence-electron chi connectivity index (χ1n) is 7.89. The summed E-state index contributed by atoms with van der Waals surface area (Å²) in [6, 6.07) is 14.0. The van der Waals surface area contributed by atoms with Crippen LogP contribution in [0.5, 0.6) is 0 Å². The normalized spacial score (nSPS) is 11.1. The molecule has 0 fully saturated rings. The van der Waals surface area contributed by atoms with E-state index in [0.717, 1.165) is 27.6 Å². The second-order valence-electron chi connectivity index (χ2n) is 6.16. The van der Waals surface area contributed by atoms with Crippen molar-refractivity contribution >= 4 is 27.6 Å². The van der Waals surface area contributed by atoms with Crippen molar-refractivity contribution < 1.29 is 8.98 Å². The van der Waals surface area contributed by atoms with Crippen molar-refractivity contribution in [3.05, 3.63) is 71.2 Å². The zero-order valence-electron chi connectivity index (χ0n) is 13.9. The van der Waals surface area contributed by atoms with E-state index in [2.05, 4.69) is 54.7 Å². The Morgan fingerprint density at radius 1 is 1.04 bits per heavy atom. The number of aryl methyl sites for hydroxylation is 2. The van der Waals surface area contributed by atoms with E-state index in [0.29, 0.717) is 5.69 Å². The van der Waals surface area contributed by atoms with Crippen molar-refractivity contribution in [2.24, 2.45) is 7.05 Å². The van der Waals surface area contributed by atoms with Crippen LogP contribution in [0, 0.1) is 20.4 Å². The van der Waals surface area contributed by atoms with Crippen molar-refractivity contribution in [1.82, 2.24) is 0 Å². The largest absolute Gasteiger partial charge is 0.457 e. The lowest BCUT2D eigenvalue weighted by Gasteiger charge is -2.09. The number of furan rings is 1. The maximum Gasteiger partial charge on any atom is 0.213 e. The lowest BCUT2D eigenvalue weighted by atomic mass is 9.94. The molecule has 2 aromatic carbocycles. The molecule has 2 aromatic heterocycles. The summed E-state index contributed by atoms with van der Waals surface area (Å²) in [4.78, 5) is 3.51. The number of benzene rings is 2. The molecule has 0 saturated heterocycles. The van der Waals surface area contributed by atoms with Gasteiger partial charge in [0.2, 0.25) is 5.69 Å². The third-order valence-electron chi connectivity index (χ3n) is 4.71. The lowest BCUT2D eigenvalue weighted by Crippen LogP contribution is -2.30. The van der Waals surface area contributed by atoms with Crippen LogP contribution in [0.15, 0.2) is 53.1 Å². The van der Waals surface area contributed by atoms with E-state index in [4.69, 9.17) is 11.0 Å². The Bertz CT molecular complexity index is 1150. The van der Waals surface area contributed by atoms with Gasteiger partial charge in [-0.15, -0.1) is 0 Å². The number of aromatic nitrogens is 1. The van der Waals surface area contributed by atoms with Crippen LogP contribution in [-0.4, -0.2) is 0 Å². The van der Waals surface area contributed by atoms with E-state index in [1.807, 2.05) is 24.3 Å². The summed E-state index contributed by atoms with van der Waals surface area (Å²) in [5, 5.41) is 2.17. The molecule has 0 aliphatic carbocycles. The van der Waals surface area contributed by atoms with E-state index >= 15 is 0 Å². The fourth-order valence-electron chi connectivity index (χ4n) is 3.33. The van der Waals surface area contributed by atoms with Gasteiger partial charge in [0, 0.05) is 22.9 Å². The molecule has 4 rings (SSSR count). The highest BCUT2D eigenvalue weighted by atomic mass is 16.3. The van der Waals surface area contributed by atoms with Gasteiger partial charge in [0.1, 0.15) is 18.2 Å². The zero-order valence-corrected chi connectivity index (χ0v) is 13.9. The molecule has 2 heterocycles. The van der Waals surface area contributed by atoms with Crippen molar-refractivity contribution in [3.8, 4) is 11.3 Å². The van der Waals surface area contributed by atoms with Gasteiger partial charge >= 0.3 is 0 Å². The first-order chi connectivity index (χ1) is 11.6. The van der Waals surface area contributed by atoms with Gasteiger partial charge in [-0.25, -0.2) is 9.41 Å². The quantitative estimate of drug-likeness (QED) is 0.347. The van der Waals surface area contributed by atoms with Gasteiger partial charge in [0.05, 0.1) is 12.1 Å². The molecule has 0 atom stereocenters. The number of hydrogen-bond donors (Lipinski definition) is 0. The van der Waals surface area contributed by atoms with Gasteiger partial charge < -0.3 is 4.42 Å². The molecule has 0 unspecified atom stereocenters. The lowest BCUT2D eigenvalue weighted by molar-refractivity contribution is -0.660. The fourth-order valence-corrected chi connectivity index (χ4v) is 3.33. The van der Waals surface area contributed by atoms with Crippen LogP contribution in [0.1, 0.15) is 11.1 Å². The molecule has 0 amide bonds. The molecule has 3 heteroatoms. The average Bonchev–Trinajstić information content (AvgIpc) is 2.93. The number of hydrogen-bond acceptors (Lipinski definition) is 1. The van der Waals surface area contributed by atoms with E-state index in [-0.39, 0.29) is 0 Å². The monoisotopic (exact) mass is 313 g/mol. The van der Waals surface area contributed by atoms with Crippen LogP contribution in [0.3, 0.4) is 0 Å². The van der Waals surface area contributed by atoms with Crippen molar-refractivity contribution in [1.29, 1.82) is 0 Å². The Morgan fingerprint density at radius 3 is 2.62 bits per heavy atom. The molecular weight excluding hydrogens is 296 g/mol. The molecule has 0 bridgehead atoms. The predicted molar refractivity (Wildman–Crippen MR) is 96.1 cm³/mol. The van der Waals surface area contributed by atoms with Crippen molar-refractivity contribution in [2.45, 2.75) is 13.8 Å². The third-order valence-corrected chi connectivity index (χ3v) is 4.71. The van der Waals surface area contributed by atoms with Crippen LogP contribution in [-0.2, 0) is 7.05 Å². The maximum atomic E-state index is 7.21. The zero-order chi connectivity index (χ0) is 16.8. The minimum absolute atomic E-state index is 0.599. The van der Waals surface area contributed by atoms with E-state index in [9.17, 15) is 0 Å². The number of nitrogens with zero attached hydrogens (tertiary/aromatic N) is 2. The summed E-state index contributed by atoms with van der Waals surface area (Å²) >= 11 is 0. The molecule has 0 saturated carbocycles. The summed E-state index contributed by atoms with van der Waals surface area (Å²) in [5.41, 5.74) is 7.04. The second kappa shape index (κ2) is 5.21. The molecule has 0 aliphatic rings. The minimum atomic E-state index is 0.599. The molecule has 116 valence electrons. The van der Waals surface area contributed by atoms with Gasteiger partial charge in [0.25, 0.3) is 0 Å². The van der Waals surface area contributed by atoms with Crippen LogP contribution in [0.4, 0.5) is 5.69 Å². The topological polar surface area (TPSA) is 21.4 Å². The smallest absolute Gasteiger partial charge is 0.213 e. The molecule has 4 aromatic rings. The minimum Gasteiger partial charge on any atom is -0.457 e. The van der Waals surface area contributed by atoms with Crippen LogP contribution in [0.25, 0.3) is 38.0 Å². The first-order valence-corrected chi connectivity index (χ1v) is 7.89. The summed E-state index contributed by atoms with van der Waals surface area (Å²) in [7, 11) is 2.06. The van der Waals surface area contributed by atoms with Crippen molar-refractivity contribution in [2.75, 3.05) is 0 Å². The molecule has 3 nitrogen and oxygen atoms in total. The fraction of sp³-hybridized carbons (Fsp3) is 0.143. The first kappa shape index (κ1) is 14.5. The standard InChI is InChI=1S/C21H17N2O/c1-13-11-19-21(16-9-8-15(22-3)12-18(16)24-19)20(14(13)2)17-7-5-6-10-23(17)4/h5-12H,1-2,4H3/q+1. The average molecular weight is 313 g/mol. The molecule has 0 radical (unpaired) electrons. The molecule has 0 N–H and O–H groups in total. The van der Waals surface area contributed by atoms with Crippen LogP contribution >= 0.6 is 0 Å². The van der Waals surface area contributed by atoms with Gasteiger partial charge in [-0.05, 0) is 43.2 Å². The number of pyridine rings is 1. The molecule has 0 spiro atoms. The Kier molecular flexibility index (Phi) is 3.14. The SMILES string of the molecule is [C-]#[N+]c1ccc2c(c1)oc1cc(C)c(C)c(-c3cccc[n+]3C)c12. The Morgan fingerprint density at radius 2 is 1.88 bits per heavy atom. The highest BCUT2D eigenvalue weighted by molar-refractivity contribution is 6.13. The third kappa shape index (κ3) is 2.00. The van der Waals surface area contributed by atoms with Crippen LogP contribution < -0.4 is 4.57 Å². The number of rotatable bonds is 1. The van der Waals surface area contributed by atoms with Crippen molar-refractivity contribution in [3.63, 3.8) is 0 Å². The Hall–Kier alpha value is -3.12. The second-order valence-corrected chi connectivity index (χ2v) is 6.16. The van der Waals surface area contributed by atoms with E-state index in [1.165, 1.54) is 16.7 Å². The van der Waals surface area contributed by atoms with Gasteiger partial charge in [-0.2, -0.15) is 0 Å². The van der Waals surface area contributed by atoms with Gasteiger partial charge in [-0.3, -0.25) is 0 Å². The van der Waals surface area contributed by atoms with E-state index < -0.39 is 0 Å². The molecular formula is C21H17N2O+. The Balaban J connectivity index is 2.21. The Labute approximate surface area is 140 Å². The van der Waals surface area contributed by atoms with Crippen LogP contribution in [0.2, 0.25) is 0 Å². The summed E-state index contributed by atoms with van der Waals surface area (Å²) in [6.07, 6.45) is 2.06. The van der Waals surface area contributed by atoms with Gasteiger partial charge in [-0.1, -0.05) is 12.1 Å². The summed E-state index contributed by atoms with van der Waals surface area (Å²) < 4.78 is 8.21. The maximum absolute atomic E-state index is 7.21. The predicted octanol–water partition coefficient (Wildman–Crippen LogP) is 5.25. The highest BCUT2D eigenvalue weighted by Gasteiger charge is 2.21. The highest BCUT2D eigenvalue weighted by Crippen LogP contribution is 2.39. The molecule has 0 aliphatic heterocycles. The molecule has 24 heavy (non-hydrogen) atoms. The summed E-state index contributed by atoms with van der Waals surface area (Å²) in [6.45, 7) is 11.5. The van der Waals surface area contributed by atoms with Gasteiger partial charge in [0.15, 0.2) is 11.9 Å². The van der Waals surface area contributed by atoms with E-state index in [1.54, 1.807) is 0 Å².